The molecule has 0 aromatic carbocycles. The third kappa shape index (κ3) is 70.9. The van der Waals surface area contributed by atoms with Crippen LogP contribution in [-0.4, -0.2) is 96.7 Å². The standard InChI is InChI=1S/C78H152O17P2/c1-8-10-11-12-13-14-15-16-22-25-32-39-47-54-61-78(83)95-74(66-89-76(81)60-53-46-41-34-36-43-50-57-70(5)6)68-93-97(86,87)91-64-72(79)63-90-96(84,85)92-67-73(65-88-75(80)59-52-45-38-31-28-27-30-37-44-51-58-71(7)9-2)94-77(82)62-55-48-40-33-26-23-20-18-17-19-21-24-29-35-42-49-56-69(3)4/h69-74,79H,8-68H2,1-7H3,(H,84,85)(H,86,87)/t71?,72-,73-,74-/m1/s1. The van der Waals surface area contributed by atoms with E-state index < -0.39 is 97.5 Å². The number of aliphatic hydroxyl groups excluding tert-OH is 1. The molecule has 0 amide bonds. The number of carbonyl (C=O) groups excluding carboxylic acids is 4. The van der Waals surface area contributed by atoms with E-state index in [4.69, 9.17) is 37.0 Å². The van der Waals surface area contributed by atoms with Crippen molar-refractivity contribution in [3.05, 3.63) is 0 Å². The lowest BCUT2D eigenvalue weighted by atomic mass is 9.99. The van der Waals surface area contributed by atoms with Crippen molar-refractivity contribution in [1.82, 2.24) is 0 Å². The lowest BCUT2D eigenvalue weighted by Crippen LogP contribution is -2.30. The normalized spacial score (nSPS) is 14.3. The van der Waals surface area contributed by atoms with Gasteiger partial charge in [0.2, 0.25) is 0 Å². The first-order valence-electron chi connectivity index (χ1n) is 40.4. The zero-order valence-corrected chi connectivity index (χ0v) is 65.3. The van der Waals surface area contributed by atoms with Crippen LogP contribution in [-0.2, 0) is 65.4 Å². The fourth-order valence-corrected chi connectivity index (χ4v) is 13.5. The number of phosphoric ester groups is 2. The number of ether oxygens (including phenoxy) is 4. The molecule has 3 unspecified atom stereocenters. The molecule has 0 spiro atoms. The van der Waals surface area contributed by atoms with Gasteiger partial charge in [0.15, 0.2) is 12.2 Å². The van der Waals surface area contributed by atoms with Crippen LogP contribution < -0.4 is 0 Å². The topological polar surface area (TPSA) is 237 Å². The van der Waals surface area contributed by atoms with Crippen LogP contribution in [0.15, 0.2) is 0 Å². The molecule has 0 aliphatic rings. The van der Waals surface area contributed by atoms with Gasteiger partial charge in [0, 0.05) is 25.7 Å². The van der Waals surface area contributed by atoms with E-state index >= 15 is 0 Å². The lowest BCUT2D eigenvalue weighted by molar-refractivity contribution is -0.161. The molecule has 97 heavy (non-hydrogen) atoms. The van der Waals surface area contributed by atoms with Gasteiger partial charge in [-0.05, 0) is 43.4 Å². The van der Waals surface area contributed by atoms with Gasteiger partial charge in [-0.2, -0.15) is 0 Å². The highest BCUT2D eigenvalue weighted by molar-refractivity contribution is 7.47. The summed E-state index contributed by atoms with van der Waals surface area (Å²) < 4.78 is 68.6. The molecule has 0 bridgehead atoms. The number of rotatable bonds is 76. The van der Waals surface area contributed by atoms with Crippen molar-refractivity contribution >= 4 is 39.5 Å². The summed E-state index contributed by atoms with van der Waals surface area (Å²) in [4.78, 5) is 72.9. The molecule has 0 aliphatic carbocycles. The average Bonchev–Trinajstić information content (AvgIpc) is 1.82. The van der Waals surface area contributed by atoms with Crippen LogP contribution in [0.3, 0.4) is 0 Å². The number of hydrogen-bond donors (Lipinski definition) is 3. The highest BCUT2D eigenvalue weighted by Gasteiger charge is 2.30. The van der Waals surface area contributed by atoms with E-state index in [1.54, 1.807) is 0 Å². The molecule has 0 aromatic heterocycles. The summed E-state index contributed by atoms with van der Waals surface area (Å²) in [5.41, 5.74) is 0. The van der Waals surface area contributed by atoms with Gasteiger partial charge in [-0.3, -0.25) is 37.3 Å². The molecule has 6 atom stereocenters. The minimum absolute atomic E-state index is 0.107. The van der Waals surface area contributed by atoms with E-state index in [0.29, 0.717) is 31.6 Å². The quantitative estimate of drug-likeness (QED) is 0.0222. The summed E-state index contributed by atoms with van der Waals surface area (Å²) in [7, 11) is -9.92. The zero-order valence-electron chi connectivity index (χ0n) is 63.5. The van der Waals surface area contributed by atoms with Gasteiger partial charge in [0.25, 0.3) is 0 Å². The minimum atomic E-state index is -4.96. The van der Waals surface area contributed by atoms with Crippen molar-refractivity contribution in [1.29, 1.82) is 0 Å². The predicted molar refractivity (Wildman–Crippen MR) is 395 cm³/mol. The molecule has 576 valence electrons. The maximum Gasteiger partial charge on any atom is 0.472 e. The summed E-state index contributed by atoms with van der Waals surface area (Å²) in [6.07, 6.45) is 55.4. The Labute approximate surface area is 594 Å². The Bertz CT molecular complexity index is 1890. The van der Waals surface area contributed by atoms with Crippen LogP contribution in [0, 0.1) is 17.8 Å². The number of esters is 4. The van der Waals surface area contributed by atoms with Crippen molar-refractivity contribution in [2.24, 2.45) is 17.8 Å². The first-order chi connectivity index (χ1) is 46.8. The van der Waals surface area contributed by atoms with Crippen LogP contribution >= 0.6 is 15.6 Å². The number of carbonyl (C=O) groups is 4. The second-order valence-electron chi connectivity index (χ2n) is 29.3. The Morgan fingerprint density at radius 3 is 0.784 bits per heavy atom. The van der Waals surface area contributed by atoms with Gasteiger partial charge < -0.3 is 33.8 Å². The van der Waals surface area contributed by atoms with E-state index in [0.717, 1.165) is 108 Å². The van der Waals surface area contributed by atoms with Crippen molar-refractivity contribution in [3.63, 3.8) is 0 Å². The van der Waals surface area contributed by atoms with Crippen LogP contribution in [0.2, 0.25) is 0 Å². The first kappa shape index (κ1) is 95.1. The monoisotopic (exact) mass is 1420 g/mol. The van der Waals surface area contributed by atoms with E-state index in [1.165, 1.54) is 205 Å². The summed E-state index contributed by atoms with van der Waals surface area (Å²) in [5.74, 6) is 0.209. The van der Waals surface area contributed by atoms with Gasteiger partial charge >= 0.3 is 39.5 Å². The summed E-state index contributed by atoms with van der Waals surface area (Å²) in [6.45, 7) is 11.9. The molecule has 0 aliphatic heterocycles. The molecule has 19 heteroatoms. The molecule has 0 rings (SSSR count). The van der Waals surface area contributed by atoms with E-state index in [1.807, 2.05) is 0 Å². The zero-order chi connectivity index (χ0) is 71.6. The first-order valence-corrected chi connectivity index (χ1v) is 43.4. The Morgan fingerprint density at radius 2 is 0.526 bits per heavy atom. The van der Waals surface area contributed by atoms with Crippen molar-refractivity contribution in [3.8, 4) is 0 Å². The number of hydrogen-bond acceptors (Lipinski definition) is 15. The minimum Gasteiger partial charge on any atom is -0.462 e. The van der Waals surface area contributed by atoms with Crippen molar-refractivity contribution < 1.29 is 80.2 Å². The fourth-order valence-electron chi connectivity index (χ4n) is 11.9. The van der Waals surface area contributed by atoms with Gasteiger partial charge in [0.1, 0.15) is 19.3 Å². The Kier molecular flexibility index (Phi) is 67.1. The number of phosphoric acid groups is 2. The maximum atomic E-state index is 13.1. The van der Waals surface area contributed by atoms with E-state index in [9.17, 15) is 43.2 Å². The Hall–Kier alpha value is -1.94. The van der Waals surface area contributed by atoms with Crippen LogP contribution in [0.5, 0.6) is 0 Å². The third-order valence-electron chi connectivity index (χ3n) is 18.5. The molecular weight excluding hydrogens is 1270 g/mol. The molecule has 0 heterocycles. The van der Waals surface area contributed by atoms with Crippen molar-refractivity contribution in [2.75, 3.05) is 39.6 Å². The molecule has 3 N–H and O–H groups in total. The Balaban J connectivity index is 5.24. The van der Waals surface area contributed by atoms with E-state index in [2.05, 4.69) is 48.5 Å². The molecule has 0 saturated heterocycles. The van der Waals surface area contributed by atoms with Crippen LogP contribution in [0.4, 0.5) is 0 Å². The fraction of sp³-hybridized carbons (Fsp3) is 0.949. The highest BCUT2D eigenvalue weighted by Crippen LogP contribution is 2.45. The summed E-state index contributed by atoms with van der Waals surface area (Å²) in [5, 5.41) is 10.6. The molecule has 0 fully saturated rings. The SMILES string of the molecule is CCCCCCCCCCCCCCCCC(=O)O[C@H](COC(=O)CCCCCCCCCC(C)C)COP(=O)(O)OC[C@H](O)COP(=O)(O)OC[C@@H](COC(=O)CCCCCCCCCCCCC(C)CC)OC(=O)CCCCCCCCCCCCCCCCCCC(C)C. The predicted octanol–water partition coefficient (Wildman–Crippen LogP) is 23.0. The second-order valence-corrected chi connectivity index (χ2v) is 32.2. The lowest BCUT2D eigenvalue weighted by Gasteiger charge is -2.21. The van der Waals surface area contributed by atoms with Crippen LogP contribution in [0.25, 0.3) is 0 Å². The molecule has 0 aromatic rings. The molecule has 0 saturated carbocycles. The van der Waals surface area contributed by atoms with Gasteiger partial charge in [-0.25, -0.2) is 9.13 Å². The third-order valence-corrected chi connectivity index (χ3v) is 20.4. The Morgan fingerprint density at radius 1 is 0.299 bits per heavy atom. The number of aliphatic hydroxyl groups is 1. The van der Waals surface area contributed by atoms with Crippen LogP contribution in [0.1, 0.15) is 402 Å². The largest absolute Gasteiger partial charge is 0.472 e. The second kappa shape index (κ2) is 68.5. The summed E-state index contributed by atoms with van der Waals surface area (Å²) in [6, 6.07) is 0. The van der Waals surface area contributed by atoms with Gasteiger partial charge in [-0.15, -0.1) is 0 Å². The summed E-state index contributed by atoms with van der Waals surface area (Å²) >= 11 is 0. The molecule has 0 radical (unpaired) electrons. The molecular formula is C78H152O17P2. The van der Waals surface area contributed by atoms with Gasteiger partial charge in [-0.1, -0.05) is 350 Å². The van der Waals surface area contributed by atoms with Gasteiger partial charge in [0.05, 0.1) is 26.4 Å². The molecule has 17 nitrogen and oxygen atoms in total. The highest BCUT2D eigenvalue weighted by atomic mass is 31.2. The average molecular weight is 1420 g/mol. The van der Waals surface area contributed by atoms with Crippen molar-refractivity contribution in [2.45, 2.75) is 420 Å². The smallest absolute Gasteiger partial charge is 0.462 e. The maximum absolute atomic E-state index is 13.1. The van der Waals surface area contributed by atoms with E-state index in [-0.39, 0.29) is 25.7 Å². The number of unbranched alkanes of at least 4 members (excludes halogenated alkanes) is 43.